The van der Waals surface area contributed by atoms with E-state index in [2.05, 4.69) is 22.6 Å². The third-order valence-corrected chi connectivity index (χ3v) is 5.45. The molecule has 4 rings (SSSR count). The van der Waals surface area contributed by atoms with E-state index in [1.807, 2.05) is 18.2 Å². The zero-order chi connectivity index (χ0) is 12.4. The summed E-state index contributed by atoms with van der Waals surface area (Å²) < 4.78 is 1.00. The predicted molar refractivity (Wildman–Crippen MR) is 79.3 cm³/mol. The van der Waals surface area contributed by atoms with Crippen molar-refractivity contribution in [2.45, 2.75) is 31.1 Å². The Hall–Kier alpha value is -0.970. The molecule has 2 aliphatic rings. The van der Waals surface area contributed by atoms with E-state index in [4.69, 9.17) is 0 Å². The van der Waals surface area contributed by atoms with E-state index in [1.54, 1.807) is 0 Å². The van der Waals surface area contributed by atoms with E-state index >= 15 is 0 Å². The standard InChI is InChI=1S/C15H13IO2/c16-10-3-1-2-9-13(10)15(18)12-8-5-4-7(6-8)11(12)14(9)17/h1-3,7-8,17-18H,4-6H2. The lowest BCUT2D eigenvalue weighted by atomic mass is 9.87. The average Bonchev–Trinajstić information content (AvgIpc) is 2.96. The minimum absolute atomic E-state index is 0.406. The molecule has 92 valence electrons. The smallest absolute Gasteiger partial charge is 0.128 e. The largest absolute Gasteiger partial charge is 0.507 e. The van der Waals surface area contributed by atoms with Crippen LogP contribution in [-0.4, -0.2) is 10.2 Å². The molecule has 18 heavy (non-hydrogen) atoms. The number of phenolic OH excluding ortho intramolecular Hbond substituents is 2. The molecule has 2 nitrogen and oxygen atoms in total. The van der Waals surface area contributed by atoms with E-state index in [0.717, 1.165) is 44.7 Å². The van der Waals surface area contributed by atoms with Crippen molar-refractivity contribution in [2.75, 3.05) is 0 Å². The highest BCUT2D eigenvalue weighted by Gasteiger charge is 2.41. The first-order valence-corrected chi connectivity index (χ1v) is 7.42. The molecular weight excluding hydrogens is 339 g/mol. The van der Waals surface area contributed by atoms with Crippen LogP contribution in [0.4, 0.5) is 0 Å². The Kier molecular flexibility index (Phi) is 2.14. The lowest BCUT2D eigenvalue weighted by Gasteiger charge is -2.20. The molecule has 0 radical (unpaired) electrons. The van der Waals surface area contributed by atoms with Crippen LogP contribution in [0.5, 0.6) is 11.5 Å². The van der Waals surface area contributed by atoms with Crippen molar-refractivity contribution in [1.29, 1.82) is 0 Å². The third-order valence-electron chi connectivity index (χ3n) is 4.56. The van der Waals surface area contributed by atoms with Gasteiger partial charge in [-0.05, 0) is 59.8 Å². The number of hydrogen-bond acceptors (Lipinski definition) is 2. The summed E-state index contributed by atoms with van der Waals surface area (Å²) in [5.74, 6) is 1.73. The van der Waals surface area contributed by atoms with Crippen molar-refractivity contribution in [2.24, 2.45) is 0 Å². The first-order valence-electron chi connectivity index (χ1n) is 6.34. The molecule has 0 aliphatic heterocycles. The van der Waals surface area contributed by atoms with Crippen LogP contribution in [0, 0.1) is 3.57 Å². The molecule has 0 spiro atoms. The summed E-state index contributed by atoms with van der Waals surface area (Å²) in [6.07, 6.45) is 3.41. The normalized spacial score (nSPS) is 24.7. The number of hydrogen-bond donors (Lipinski definition) is 2. The van der Waals surface area contributed by atoms with Gasteiger partial charge in [0.25, 0.3) is 0 Å². The van der Waals surface area contributed by atoms with Crippen LogP contribution in [0.2, 0.25) is 0 Å². The first kappa shape index (κ1) is 10.9. The zero-order valence-corrected chi connectivity index (χ0v) is 11.9. The maximum Gasteiger partial charge on any atom is 0.128 e. The van der Waals surface area contributed by atoms with E-state index in [0.29, 0.717) is 23.3 Å². The molecule has 2 aromatic carbocycles. The maximum atomic E-state index is 10.6. The monoisotopic (exact) mass is 352 g/mol. The van der Waals surface area contributed by atoms with Gasteiger partial charge in [0.2, 0.25) is 0 Å². The Morgan fingerprint density at radius 3 is 2.39 bits per heavy atom. The second-order valence-electron chi connectivity index (χ2n) is 5.39. The van der Waals surface area contributed by atoms with Crippen LogP contribution in [0.3, 0.4) is 0 Å². The number of halogens is 1. The summed E-state index contributed by atoms with van der Waals surface area (Å²) in [6, 6.07) is 5.81. The minimum Gasteiger partial charge on any atom is -0.507 e. The Morgan fingerprint density at radius 1 is 1.00 bits per heavy atom. The Labute approximate surface area is 119 Å². The Morgan fingerprint density at radius 2 is 1.67 bits per heavy atom. The maximum absolute atomic E-state index is 10.6. The molecule has 2 aromatic rings. The molecule has 2 N–H and O–H groups in total. The van der Waals surface area contributed by atoms with E-state index in [-0.39, 0.29) is 0 Å². The van der Waals surface area contributed by atoms with Gasteiger partial charge in [-0.25, -0.2) is 0 Å². The second-order valence-corrected chi connectivity index (χ2v) is 6.56. The quantitative estimate of drug-likeness (QED) is 0.551. The fourth-order valence-corrected chi connectivity index (χ4v) is 4.58. The van der Waals surface area contributed by atoms with E-state index in [9.17, 15) is 10.2 Å². The van der Waals surface area contributed by atoms with Gasteiger partial charge in [0.05, 0.1) is 0 Å². The lowest BCUT2D eigenvalue weighted by molar-refractivity contribution is 0.451. The summed E-state index contributed by atoms with van der Waals surface area (Å²) >= 11 is 2.22. The SMILES string of the molecule is Oc1c2c(c(O)c3c(I)cccc13)C1CCC2C1. The number of aromatic hydroxyl groups is 2. The van der Waals surface area contributed by atoms with Crippen molar-refractivity contribution in [3.8, 4) is 11.5 Å². The molecule has 0 aromatic heterocycles. The predicted octanol–water partition coefficient (Wildman–Crippen LogP) is 4.22. The van der Waals surface area contributed by atoms with Gasteiger partial charge >= 0.3 is 0 Å². The minimum atomic E-state index is 0.406. The van der Waals surface area contributed by atoms with Gasteiger partial charge < -0.3 is 10.2 Å². The van der Waals surface area contributed by atoms with Gasteiger partial charge in [0.15, 0.2) is 0 Å². The summed E-state index contributed by atoms with van der Waals surface area (Å²) in [6.45, 7) is 0. The number of fused-ring (bicyclic) bond motifs is 6. The average molecular weight is 352 g/mol. The summed E-state index contributed by atoms with van der Waals surface area (Å²) in [5, 5.41) is 22.7. The molecule has 0 saturated heterocycles. The Balaban J connectivity index is 2.20. The molecule has 3 heteroatoms. The highest BCUT2D eigenvalue weighted by Crippen LogP contribution is 2.60. The number of benzene rings is 2. The zero-order valence-electron chi connectivity index (χ0n) is 9.78. The first-order chi connectivity index (χ1) is 8.68. The fourth-order valence-electron chi connectivity index (χ4n) is 3.83. The van der Waals surface area contributed by atoms with Crippen molar-refractivity contribution in [1.82, 2.24) is 0 Å². The molecule has 0 amide bonds. The topological polar surface area (TPSA) is 40.5 Å². The summed E-state index contributed by atoms with van der Waals surface area (Å²) in [7, 11) is 0. The molecule has 2 aliphatic carbocycles. The van der Waals surface area contributed by atoms with Crippen LogP contribution in [-0.2, 0) is 0 Å². The molecule has 2 atom stereocenters. The van der Waals surface area contributed by atoms with E-state index in [1.165, 1.54) is 0 Å². The Bertz CT molecular complexity index is 678. The molecule has 2 bridgehead atoms. The van der Waals surface area contributed by atoms with Crippen LogP contribution < -0.4 is 0 Å². The number of rotatable bonds is 0. The molecular formula is C15H13IO2. The molecule has 1 saturated carbocycles. The van der Waals surface area contributed by atoms with Crippen LogP contribution in [0.15, 0.2) is 18.2 Å². The number of phenols is 2. The van der Waals surface area contributed by atoms with Crippen molar-refractivity contribution in [3.63, 3.8) is 0 Å². The van der Waals surface area contributed by atoms with E-state index < -0.39 is 0 Å². The summed E-state index contributed by atoms with van der Waals surface area (Å²) in [5.41, 5.74) is 2.05. The molecule has 2 unspecified atom stereocenters. The van der Waals surface area contributed by atoms with Crippen molar-refractivity contribution >= 4 is 33.4 Å². The lowest BCUT2D eigenvalue weighted by Crippen LogP contribution is -2.00. The van der Waals surface area contributed by atoms with Gasteiger partial charge in [-0.1, -0.05) is 12.1 Å². The second kappa shape index (κ2) is 3.53. The van der Waals surface area contributed by atoms with Crippen molar-refractivity contribution in [3.05, 3.63) is 32.9 Å². The van der Waals surface area contributed by atoms with Gasteiger partial charge in [0, 0.05) is 25.5 Å². The van der Waals surface area contributed by atoms with Crippen LogP contribution >= 0.6 is 22.6 Å². The van der Waals surface area contributed by atoms with Crippen LogP contribution in [0.1, 0.15) is 42.2 Å². The molecule has 0 heterocycles. The highest BCUT2D eigenvalue weighted by atomic mass is 127. The van der Waals surface area contributed by atoms with Gasteiger partial charge in [-0.3, -0.25) is 0 Å². The highest BCUT2D eigenvalue weighted by molar-refractivity contribution is 14.1. The third kappa shape index (κ3) is 1.18. The molecule has 1 fully saturated rings. The van der Waals surface area contributed by atoms with Crippen molar-refractivity contribution < 1.29 is 10.2 Å². The van der Waals surface area contributed by atoms with Gasteiger partial charge in [0.1, 0.15) is 11.5 Å². The van der Waals surface area contributed by atoms with Gasteiger partial charge in [-0.2, -0.15) is 0 Å². The summed E-state index contributed by atoms with van der Waals surface area (Å²) in [4.78, 5) is 0. The van der Waals surface area contributed by atoms with Crippen LogP contribution in [0.25, 0.3) is 10.8 Å². The fraction of sp³-hybridized carbons (Fsp3) is 0.333. The van der Waals surface area contributed by atoms with Gasteiger partial charge in [-0.15, -0.1) is 0 Å².